The van der Waals surface area contributed by atoms with Crippen molar-refractivity contribution in [1.29, 1.82) is 0 Å². The zero-order valence-electron chi connectivity index (χ0n) is 17.0. The number of pyridine rings is 1. The highest BCUT2D eigenvalue weighted by atomic mass is 19.3. The normalized spacial score (nSPS) is 13.3. The molecule has 3 rings (SSSR count). The van der Waals surface area contributed by atoms with Crippen molar-refractivity contribution < 1.29 is 13.5 Å². The fraction of sp³-hybridized carbons (Fsp3) is 0.619. The van der Waals surface area contributed by atoms with Crippen LogP contribution < -0.4 is 10.5 Å². The average molecular weight is 399 g/mol. The molecule has 0 amide bonds. The van der Waals surface area contributed by atoms with Crippen LogP contribution in [0.15, 0.2) is 24.5 Å². The summed E-state index contributed by atoms with van der Waals surface area (Å²) in [6.45, 7) is 7.38. The van der Waals surface area contributed by atoms with Gasteiger partial charge in [-0.15, -0.1) is 0 Å². The largest absolute Gasteiger partial charge is 0.431 e. The predicted molar refractivity (Wildman–Crippen MR) is 113 cm³/mol. The second kappa shape index (κ2) is 13.1. The quantitative estimate of drug-likeness (QED) is 0.632. The molecule has 0 atom stereocenters. The molecule has 0 saturated heterocycles. The molecular weight excluding hydrogens is 362 g/mol. The van der Waals surface area contributed by atoms with Crippen LogP contribution in [0.2, 0.25) is 0 Å². The van der Waals surface area contributed by atoms with Crippen molar-refractivity contribution in [2.24, 2.45) is 5.92 Å². The van der Waals surface area contributed by atoms with Crippen molar-refractivity contribution in [2.75, 3.05) is 5.73 Å². The number of halogens is 2. The molecule has 0 unspecified atom stereocenters. The van der Waals surface area contributed by atoms with Gasteiger partial charge in [-0.05, 0) is 31.9 Å². The maximum absolute atomic E-state index is 12.2. The Labute approximate surface area is 168 Å². The van der Waals surface area contributed by atoms with Crippen molar-refractivity contribution in [2.45, 2.75) is 80.4 Å². The van der Waals surface area contributed by atoms with Gasteiger partial charge in [0.15, 0.2) is 11.6 Å². The first-order valence-corrected chi connectivity index (χ1v) is 9.62. The van der Waals surface area contributed by atoms with Gasteiger partial charge in [0.1, 0.15) is 0 Å². The molecule has 5 nitrogen and oxygen atoms in total. The monoisotopic (exact) mass is 398 g/mol. The molecule has 7 heteroatoms. The lowest BCUT2D eigenvalue weighted by Gasteiger charge is -2.08. The van der Waals surface area contributed by atoms with Gasteiger partial charge < -0.3 is 10.5 Å². The molecule has 1 aliphatic rings. The third-order valence-electron chi connectivity index (χ3n) is 4.17. The summed E-state index contributed by atoms with van der Waals surface area (Å²) in [5, 5.41) is 4.32. The number of aromatic nitrogens is 3. The molecule has 2 heterocycles. The van der Waals surface area contributed by atoms with E-state index in [1.165, 1.54) is 37.9 Å². The standard InChI is InChI=1S/C12H14F2N4O.C6H12.C2H6.CH4/c1-7(2)18-4-3-9(17-18)8-5-10(19-12(13)14)11(15)16-6-8;1-6-4-2-3-5-6;1-2;/h3-7,12H,1-2H3,(H2,15,16);6H,2-5H2,1H3;1-2H3;1H4. The van der Waals surface area contributed by atoms with E-state index in [0.717, 1.165) is 5.92 Å². The third kappa shape index (κ3) is 8.23. The smallest absolute Gasteiger partial charge is 0.387 e. The van der Waals surface area contributed by atoms with Crippen molar-refractivity contribution >= 4 is 5.82 Å². The van der Waals surface area contributed by atoms with Gasteiger partial charge in [0.25, 0.3) is 0 Å². The minimum atomic E-state index is -2.94. The van der Waals surface area contributed by atoms with Crippen LogP contribution in [0.4, 0.5) is 14.6 Å². The summed E-state index contributed by atoms with van der Waals surface area (Å²) in [5.74, 6) is 0.823. The first-order chi connectivity index (χ1) is 12.9. The molecule has 0 spiro atoms. The number of alkyl halides is 2. The molecule has 2 aromatic rings. The van der Waals surface area contributed by atoms with Crippen LogP contribution >= 0.6 is 0 Å². The molecule has 0 aliphatic heterocycles. The van der Waals surface area contributed by atoms with Crippen LogP contribution in [0.5, 0.6) is 5.75 Å². The number of rotatable bonds is 4. The van der Waals surface area contributed by atoms with E-state index < -0.39 is 6.61 Å². The minimum absolute atomic E-state index is 0. The van der Waals surface area contributed by atoms with Gasteiger partial charge in [-0.2, -0.15) is 13.9 Å². The van der Waals surface area contributed by atoms with Crippen LogP contribution in [0.1, 0.15) is 73.8 Å². The second-order valence-electron chi connectivity index (χ2n) is 6.65. The molecule has 160 valence electrons. The second-order valence-corrected chi connectivity index (χ2v) is 6.65. The van der Waals surface area contributed by atoms with Gasteiger partial charge in [0, 0.05) is 24.0 Å². The average Bonchev–Trinajstić information content (AvgIpc) is 3.30. The maximum Gasteiger partial charge on any atom is 0.387 e. The summed E-state index contributed by atoms with van der Waals surface area (Å²) < 4.78 is 30.5. The fourth-order valence-corrected chi connectivity index (χ4v) is 2.70. The van der Waals surface area contributed by atoms with Crippen LogP contribution in [0.25, 0.3) is 11.3 Å². The van der Waals surface area contributed by atoms with Gasteiger partial charge in [-0.3, -0.25) is 4.68 Å². The summed E-state index contributed by atoms with van der Waals surface area (Å²) in [7, 11) is 0. The molecule has 0 aromatic carbocycles. The zero-order chi connectivity index (χ0) is 20.4. The van der Waals surface area contributed by atoms with Gasteiger partial charge in [0.05, 0.1) is 5.69 Å². The van der Waals surface area contributed by atoms with E-state index in [1.807, 2.05) is 33.9 Å². The van der Waals surface area contributed by atoms with Gasteiger partial charge in [-0.25, -0.2) is 4.98 Å². The Morgan fingerprint density at radius 2 is 1.82 bits per heavy atom. The number of ether oxygens (including phenoxy) is 1. The van der Waals surface area contributed by atoms with Gasteiger partial charge in [-0.1, -0.05) is 53.9 Å². The van der Waals surface area contributed by atoms with E-state index in [0.29, 0.717) is 11.3 Å². The Hall–Kier alpha value is -2.18. The molecule has 2 N–H and O–H groups in total. The number of hydrogen-bond donors (Lipinski definition) is 1. The Bertz CT molecular complexity index is 668. The number of nitrogens with zero attached hydrogens (tertiary/aromatic N) is 3. The number of nitrogens with two attached hydrogens (primary N) is 1. The number of hydrogen-bond acceptors (Lipinski definition) is 4. The summed E-state index contributed by atoms with van der Waals surface area (Å²) in [6.07, 6.45) is 9.23. The summed E-state index contributed by atoms with van der Waals surface area (Å²) >= 11 is 0. The molecular formula is C21H36F2N4O. The third-order valence-corrected chi connectivity index (χ3v) is 4.17. The Morgan fingerprint density at radius 3 is 2.25 bits per heavy atom. The Kier molecular flexibility index (Phi) is 12.1. The molecule has 0 radical (unpaired) electrons. The van der Waals surface area contributed by atoms with Crippen LogP contribution in [0, 0.1) is 5.92 Å². The topological polar surface area (TPSA) is 66.0 Å². The van der Waals surface area contributed by atoms with Crippen molar-refractivity contribution in [3.8, 4) is 17.0 Å². The predicted octanol–water partition coefficient (Wildman–Crippen LogP) is 6.57. The maximum atomic E-state index is 12.2. The lowest BCUT2D eigenvalue weighted by atomic mass is 10.2. The lowest BCUT2D eigenvalue weighted by Crippen LogP contribution is -2.06. The highest BCUT2D eigenvalue weighted by Crippen LogP contribution is 2.27. The molecule has 1 fully saturated rings. The molecule has 2 aromatic heterocycles. The Balaban J connectivity index is 0.000000684. The first-order valence-electron chi connectivity index (χ1n) is 9.62. The van der Waals surface area contributed by atoms with Gasteiger partial charge in [0.2, 0.25) is 0 Å². The zero-order valence-corrected chi connectivity index (χ0v) is 17.0. The molecule has 28 heavy (non-hydrogen) atoms. The molecule has 0 bridgehead atoms. The van der Waals surface area contributed by atoms with Crippen molar-refractivity contribution in [3.05, 3.63) is 24.5 Å². The Morgan fingerprint density at radius 1 is 1.21 bits per heavy atom. The highest BCUT2D eigenvalue weighted by molar-refractivity contribution is 5.63. The summed E-state index contributed by atoms with van der Waals surface area (Å²) in [5.41, 5.74) is 6.67. The van der Waals surface area contributed by atoms with E-state index in [-0.39, 0.29) is 25.0 Å². The van der Waals surface area contributed by atoms with E-state index in [1.54, 1.807) is 10.7 Å². The molecule has 1 saturated carbocycles. The van der Waals surface area contributed by atoms with Gasteiger partial charge >= 0.3 is 6.61 Å². The SMILES string of the molecule is C.CC.CC(C)n1ccc(-c2cnc(N)c(OC(F)F)c2)n1.CC1CCCC1. The summed E-state index contributed by atoms with van der Waals surface area (Å²) in [6, 6.07) is 3.40. The first kappa shape index (κ1) is 25.8. The summed E-state index contributed by atoms with van der Waals surface area (Å²) in [4.78, 5) is 3.83. The number of nitrogen functional groups attached to an aromatic ring is 1. The van der Waals surface area contributed by atoms with Crippen molar-refractivity contribution in [1.82, 2.24) is 14.8 Å². The highest BCUT2D eigenvalue weighted by Gasteiger charge is 2.12. The number of anilines is 1. The fourth-order valence-electron chi connectivity index (χ4n) is 2.70. The van der Waals surface area contributed by atoms with Crippen LogP contribution in [-0.4, -0.2) is 21.4 Å². The van der Waals surface area contributed by atoms with Crippen LogP contribution in [0.3, 0.4) is 0 Å². The molecule has 1 aliphatic carbocycles. The van der Waals surface area contributed by atoms with Crippen LogP contribution in [-0.2, 0) is 0 Å². The van der Waals surface area contributed by atoms with Crippen molar-refractivity contribution in [3.63, 3.8) is 0 Å². The van der Waals surface area contributed by atoms with E-state index in [2.05, 4.69) is 21.7 Å². The van der Waals surface area contributed by atoms with E-state index in [4.69, 9.17) is 5.73 Å². The van der Waals surface area contributed by atoms with E-state index in [9.17, 15) is 8.78 Å². The van der Waals surface area contributed by atoms with E-state index >= 15 is 0 Å². The minimum Gasteiger partial charge on any atom is -0.431 e. The lowest BCUT2D eigenvalue weighted by molar-refractivity contribution is -0.0494.